The lowest BCUT2D eigenvalue weighted by atomic mass is 9.82. The number of fused-ring (bicyclic) bond motifs is 2. The van der Waals surface area contributed by atoms with Crippen LogP contribution < -0.4 is 14.5 Å². The predicted octanol–water partition coefficient (Wildman–Crippen LogP) is 6.90. The summed E-state index contributed by atoms with van der Waals surface area (Å²) in [5, 5.41) is -0.627. The molecule has 1 N–H and O–H groups in total. The Morgan fingerprint density at radius 1 is 1.00 bits per heavy atom. The summed E-state index contributed by atoms with van der Waals surface area (Å²) in [6.07, 6.45) is -4.78. The van der Waals surface area contributed by atoms with Crippen molar-refractivity contribution in [2.24, 2.45) is 5.92 Å². The first-order valence-electron chi connectivity index (χ1n) is 12.4. The molecule has 41 heavy (non-hydrogen) atoms. The van der Waals surface area contributed by atoms with Crippen molar-refractivity contribution in [3.8, 4) is 5.75 Å². The van der Waals surface area contributed by atoms with E-state index >= 15 is 0 Å². The van der Waals surface area contributed by atoms with Gasteiger partial charge in [-0.25, -0.2) is 4.90 Å². The number of amides is 2. The summed E-state index contributed by atoms with van der Waals surface area (Å²) < 4.78 is 48.6. The van der Waals surface area contributed by atoms with Crippen molar-refractivity contribution in [1.29, 1.82) is 0 Å². The molecule has 1 aromatic heterocycles. The van der Waals surface area contributed by atoms with Gasteiger partial charge in [0.05, 0.1) is 22.2 Å². The zero-order valence-electron chi connectivity index (χ0n) is 21.2. The molecule has 0 unspecified atom stereocenters. The minimum Gasteiger partial charge on any atom is -0.489 e. The van der Waals surface area contributed by atoms with E-state index in [0.717, 1.165) is 46.4 Å². The molecule has 2 aliphatic heterocycles. The summed E-state index contributed by atoms with van der Waals surface area (Å²) in [7, 11) is 0. The van der Waals surface area contributed by atoms with Gasteiger partial charge in [0.2, 0.25) is 11.8 Å². The second kappa shape index (κ2) is 10.5. The maximum absolute atomic E-state index is 14.0. The van der Waals surface area contributed by atoms with Crippen LogP contribution in [0.2, 0.25) is 0 Å². The molecular weight excluding hydrogens is 641 g/mol. The lowest BCUT2D eigenvalue weighted by Gasteiger charge is -2.31. The van der Waals surface area contributed by atoms with Crippen LogP contribution in [0.4, 0.5) is 18.9 Å². The van der Waals surface area contributed by atoms with Crippen molar-refractivity contribution in [3.05, 3.63) is 108 Å². The smallest absolute Gasteiger partial charge is 0.418 e. The van der Waals surface area contributed by atoms with Gasteiger partial charge in [-0.3, -0.25) is 14.4 Å². The Morgan fingerprint density at radius 2 is 1.78 bits per heavy atom. The van der Waals surface area contributed by atoms with Crippen LogP contribution in [0.25, 0.3) is 0 Å². The topological polar surface area (TPSA) is 79.5 Å². The van der Waals surface area contributed by atoms with Crippen LogP contribution in [0.1, 0.15) is 33.0 Å². The lowest BCUT2D eigenvalue weighted by molar-refractivity contribution is -0.137. The molecule has 3 heterocycles. The van der Waals surface area contributed by atoms with E-state index in [1.54, 1.807) is 18.2 Å². The monoisotopic (exact) mass is 660 g/mol. The number of benzene rings is 3. The minimum absolute atomic E-state index is 0.222. The first-order valence-corrected chi connectivity index (χ1v) is 14.9. The van der Waals surface area contributed by atoms with E-state index in [0.29, 0.717) is 30.6 Å². The summed E-state index contributed by atoms with van der Waals surface area (Å²) in [4.78, 5) is 43.8. The van der Waals surface area contributed by atoms with Crippen LogP contribution in [0, 0.1) is 12.8 Å². The highest BCUT2D eigenvalue weighted by atomic mass is 79.9. The van der Waals surface area contributed by atoms with Crippen LogP contribution in [-0.4, -0.2) is 22.0 Å². The van der Waals surface area contributed by atoms with Crippen LogP contribution in [0.5, 0.6) is 5.75 Å². The summed E-state index contributed by atoms with van der Waals surface area (Å²) in [6, 6.07) is 17.6. The fourth-order valence-electron chi connectivity index (χ4n) is 5.35. The Morgan fingerprint density at radius 3 is 2.54 bits per heavy atom. The number of anilines is 1. The number of halogens is 4. The highest BCUT2D eigenvalue weighted by Crippen LogP contribution is 2.55. The SMILES string of the molecule is Cc1cccc(COc2ccc(Br)cc2[C@@H]2c3sc(=O)[nH]c3S[C@H]3C(=O)N(c4ccccc4C(F)(F)F)C(=O)[C@@H]23)c1. The quantitative estimate of drug-likeness (QED) is 0.236. The van der Waals surface area contributed by atoms with Gasteiger partial charge in [-0.1, -0.05) is 81.0 Å². The number of hydrogen-bond acceptors (Lipinski definition) is 6. The first kappa shape index (κ1) is 27.8. The molecule has 0 aliphatic carbocycles. The molecule has 1 saturated heterocycles. The molecule has 0 bridgehead atoms. The van der Waals surface area contributed by atoms with E-state index < -0.39 is 46.3 Å². The Balaban J connectivity index is 1.46. The van der Waals surface area contributed by atoms with Crippen molar-refractivity contribution in [2.75, 3.05) is 4.90 Å². The average Bonchev–Trinajstić information content (AvgIpc) is 3.41. The number of para-hydroxylation sites is 1. The number of thiazole rings is 1. The molecule has 6 nitrogen and oxygen atoms in total. The third-order valence-electron chi connectivity index (χ3n) is 7.06. The van der Waals surface area contributed by atoms with E-state index in [1.165, 1.54) is 12.1 Å². The minimum atomic E-state index is -4.78. The average molecular weight is 662 g/mol. The maximum atomic E-state index is 14.0. The summed E-state index contributed by atoms with van der Waals surface area (Å²) in [6.45, 7) is 2.19. The molecule has 1 fully saturated rings. The molecule has 12 heteroatoms. The number of hydrogen-bond donors (Lipinski definition) is 1. The number of ether oxygens (including phenoxy) is 1. The van der Waals surface area contributed by atoms with Gasteiger partial charge in [0, 0.05) is 20.8 Å². The van der Waals surface area contributed by atoms with Crippen LogP contribution in [0.3, 0.4) is 0 Å². The van der Waals surface area contributed by atoms with Crippen molar-refractivity contribution in [1.82, 2.24) is 4.98 Å². The molecule has 4 aromatic rings. The number of aromatic nitrogens is 1. The van der Waals surface area contributed by atoms with E-state index in [9.17, 15) is 27.6 Å². The third kappa shape index (κ3) is 5.02. The molecule has 0 spiro atoms. The van der Waals surface area contributed by atoms with E-state index in [-0.39, 0.29) is 11.5 Å². The van der Waals surface area contributed by atoms with E-state index in [1.807, 2.05) is 31.2 Å². The number of carbonyl (C=O) groups is 2. The van der Waals surface area contributed by atoms with Crippen molar-refractivity contribution in [2.45, 2.75) is 35.9 Å². The van der Waals surface area contributed by atoms with Gasteiger partial charge in [-0.2, -0.15) is 13.2 Å². The molecule has 6 rings (SSSR count). The normalized spacial score (nSPS) is 20.2. The summed E-state index contributed by atoms with van der Waals surface area (Å²) in [5.41, 5.74) is 0.946. The molecule has 2 amide bonds. The largest absolute Gasteiger partial charge is 0.489 e. The second-order valence-corrected chi connectivity index (χ2v) is 12.8. The third-order valence-corrected chi connectivity index (χ3v) is 9.95. The molecule has 0 saturated carbocycles. The van der Waals surface area contributed by atoms with Crippen molar-refractivity contribution >= 4 is 56.5 Å². The lowest BCUT2D eigenvalue weighted by Crippen LogP contribution is -2.33. The van der Waals surface area contributed by atoms with Crippen molar-refractivity contribution in [3.63, 3.8) is 0 Å². The van der Waals surface area contributed by atoms with E-state index in [4.69, 9.17) is 4.74 Å². The number of nitrogens with one attached hydrogen (secondary N) is 1. The van der Waals surface area contributed by atoms with Crippen LogP contribution in [0.15, 0.2) is 81.0 Å². The highest BCUT2D eigenvalue weighted by molar-refractivity contribution is 9.10. The van der Waals surface area contributed by atoms with Crippen LogP contribution in [-0.2, 0) is 22.4 Å². The van der Waals surface area contributed by atoms with Crippen molar-refractivity contribution < 1.29 is 27.5 Å². The number of carbonyl (C=O) groups excluding carboxylic acids is 2. The van der Waals surface area contributed by atoms with Gasteiger partial charge >= 0.3 is 11.0 Å². The molecule has 2 aliphatic rings. The highest BCUT2D eigenvalue weighted by Gasteiger charge is 2.57. The molecular formula is C29H20BrF3N2O4S2. The zero-order valence-corrected chi connectivity index (χ0v) is 24.4. The predicted molar refractivity (Wildman–Crippen MR) is 154 cm³/mol. The fraction of sp³-hybridized carbons (Fsp3) is 0.207. The van der Waals surface area contributed by atoms with Gasteiger partial charge in [0.1, 0.15) is 17.6 Å². The molecule has 210 valence electrons. The number of thioether (sulfide) groups is 1. The van der Waals surface area contributed by atoms with Gasteiger partial charge in [0.15, 0.2) is 0 Å². The summed E-state index contributed by atoms with van der Waals surface area (Å²) in [5.74, 6) is -2.97. The Kier molecular flexibility index (Phi) is 7.11. The number of alkyl halides is 3. The zero-order chi connectivity index (χ0) is 29.1. The Hall–Kier alpha value is -3.35. The maximum Gasteiger partial charge on any atom is 0.418 e. The standard InChI is InChI=1S/C29H20BrF3N2O4S2/c1-14-5-4-6-15(11-14)13-39-20-10-9-16(30)12-17(20)21-22-24(40-25-23(21)41-28(38)34-25)27(37)35(26(22)36)19-8-3-2-7-18(19)29(31,32)33/h2-12,21-22,24H,13H2,1H3,(H,34,38)/t21-,22-,24+/m0/s1. The molecule has 3 atom stereocenters. The Bertz CT molecular complexity index is 1750. The van der Waals surface area contributed by atoms with E-state index in [2.05, 4.69) is 20.9 Å². The fourth-order valence-corrected chi connectivity index (χ4v) is 8.24. The van der Waals surface area contributed by atoms with Crippen LogP contribution >= 0.6 is 39.0 Å². The molecule has 3 aromatic carbocycles. The number of imide groups is 1. The Labute approximate surface area is 248 Å². The number of nitrogens with zero attached hydrogens (tertiary/aromatic N) is 1. The summed E-state index contributed by atoms with van der Waals surface area (Å²) >= 11 is 5.40. The number of rotatable bonds is 5. The first-order chi connectivity index (χ1) is 19.5. The second-order valence-electron chi connectivity index (χ2n) is 9.74. The van der Waals surface area contributed by atoms with Gasteiger partial charge in [0.25, 0.3) is 0 Å². The van der Waals surface area contributed by atoms with Gasteiger partial charge in [-0.15, -0.1) is 0 Å². The number of H-pyrrole nitrogens is 1. The number of aryl methyl sites for hydroxylation is 1. The molecule has 0 radical (unpaired) electrons. The number of aromatic amines is 1. The van der Waals surface area contributed by atoms with Gasteiger partial charge in [-0.05, 0) is 42.8 Å². The van der Waals surface area contributed by atoms with Gasteiger partial charge < -0.3 is 9.72 Å².